The summed E-state index contributed by atoms with van der Waals surface area (Å²) in [5, 5.41) is 6.47. The second kappa shape index (κ2) is 12.4. The van der Waals surface area contributed by atoms with E-state index in [0.29, 0.717) is 23.4 Å². The van der Waals surface area contributed by atoms with Crippen LogP contribution in [0.4, 0.5) is 9.59 Å². The average Bonchev–Trinajstić information content (AvgIpc) is 2.65. The molecule has 2 aromatic rings. The van der Waals surface area contributed by atoms with E-state index in [1.165, 1.54) is 4.57 Å². The Hall–Kier alpha value is -3.30. The summed E-state index contributed by atoms with van der Waals surface area (Å²) in [5.41, 5.74) is 0.0841. The molecule has 0 N–H and O–H groups in total. The van der Waals surface area contributed by atoms with E-state index in [0.717, 1.165) is 6.42 Å². The number of aromatic nitrogens is 1. The van der Waals surface area contributed by atoms with E-state index in [4.69, 9.17) is 4.42 Å². The summed E-state index contributed by atoms with van der Waals surface area (Å²) in [6, 6.07) is 7.02. The summed E-state index contributed by atoms with van der Waals surface area (Å²) in [5.74, 6) is -0.0815. The number of para-hydroxylation sites is 1. The van der Waals surface area contributed by atoms with Crippen molar-refractivity contribution in [3.05, 3.63) is 45.2 Å². The van der Waals surface area contributed by atoms with Crippen LogP contribution in [0.5, 0.6) is 0 Å². The van der Waals surface area contributed by atoms with Crippen LogP contribution in [0.15, 0.2) is 48.5 Å². The number of azo groups is 1. The first-order chi connectivity index (χ1) is 14.5. The maximum atomic E-state index is 11.7. The molecule has 0 unspecified atom stereocenters. The largest absolute Gasteiger partial charge is 0.452 e. The fourth-order valence-corrected chi connectivity index (χ4v) is 2.30. The van der Waals surface area contributed by atoms with Gasteiger partial charge < -0.3 is 13.9 Å². The van der Waals surface area contributed by atoms with Crippen molar-refractivity contribution < 1.29 is 23.5 Å². The van der Waals surface area contributed by atoms with Gasteiger partial charge in [0, 0.05) is 6.54 Å². The molecule has 0 radical (unpaired) electrons. The summed E-state index contributed by atoms with van der Waals surface area (Å²) < 4.78 is 15.4. The second-order valence-corrected chi connectivity index (χ2v) is 7.57. The third-order valence-corrected chi connectivity index (χ3v) is 3.63. The quantitative estimate of drug-likeness (QED) is 0.631. The molecule has 0 spiro atoms. The van der Waals surface area contributed by atoms with Crippen LogP contribution >= 0.6 is 0 Å². The zero-order valence-corrected chi connectivity index (χ0v) is 18.7. The number of ether oxygens (including phenoxy) is 2. The number of hydrogen-bond acceptors (Lipinski definition) is 7. The highest BCUT2D eigenvalue weighted by Crippen LogP contribution is 2.09. The van der Waals surface area contributed by atoms with Crippen LogP contribution in [0.25, 0.3) is 10.9 Å². The van der Waals surface area contributed by atoms with Crippen molar-refractivity contribution in [3.8, 4) is 0 Å². The lowest BCUT2D eigenvalue weighted by Crippen LogP contribution is -2.25. The van der Waals surface area contributed by atoms with E-state index in [2.05, 4.69) is 33.5 Å². The highest BCUT2D eigenvalue weighted by Gasteiger charge is 2.09. The van der Waals surface area contributed by atoms with Gasteiger partial charge in [0.1, 0.15) is 0 Å². The minimum atomic E-state index is -0.902. The SMILES string of the molecule is CC(C)CCn1c(=O)oc(=O)c2ccccc21.CC(C)OC(=O)/N=N/C(=O)OC(C)C. The van der Waals surface area contributed by atoms with Gasteiger partial charge in [0.2, 0.25) is 0 Å². The Bertz CT molecular complexity index is 996. The van der Waals surface area contributed by atoms with Gasteiger partial charge in [0.15, 0.2) is 0 Å². The molecule has 0 saturated carbocycles. The standard InChI is InChI=1S/C13H15NO3.C8H14N2O4/c1-9(2)7-8-14-11-6-4-3-5-10(11)12(15)17-13(14)16;1-5(2)13-7(11)9-10-8(12)14-6(3)4/h3-6,9H,7-8H2,1-2H3;5-6H,1-4H3/b;10-9+. The third kappa shape index (κ3) is 9.37. The molecular weight excluding hydrogens is 406 g/mol. The van der Waals surface area contributed by atoms with Gasteiger partial charge in [0.25, 0.3) is 0 Å². The number of nitrogens with zero attached hydrogens (tertiary/aromatic N) is 3. The van der Waals surface area contributed by atoms with Gasteiger partial charge in [-0.2, -0.15) is 0 Å². The molecule has 1 aromatic heterocycles. The van der Waals surface area contributed by atoms with Gasteiger partial charge in [-0.1, -0.05) is 36.2 Å². The predicted octanol–water partition coefficient (Wildman–Crippen LogP) is 4.53. The summed E-state index contributed by atoms with van der Waals surface area (Å²) >= 11 is 0. The molecule has 1 aromatic carbocycles. The first-order valence-electron chi connectivity index (χ1n) is 9.96. The van der Waals surface area contributed by atoms with E-state index in [9.17, 15) is 19.2 Å². The Kier molecular flexibility index (Phi) is 10.3. The minimum absolute atomic E-state index is 0.289. The lowest BCUT2D eigenvalue weighted by Gasteiger charge is -2.09. The normalized spacial score (nSPS) is 11.1. The molecule has 2 amide bonds. The maximum absolute atomic E-state index is 11.7. The number of hydrogen-bond donors (Lipinski definition) is 0. The number of rotatable bonds is 5. The zero-order chi connectivity index (χ0) is 23.6. The van der Waals surface area contributed by atoms with Crippen molar-refractivity contribution >= 4 is 23.1 Å². The first-order valence-corrected chi connectivity index (χ1v) is 9.96. The molecule has 0 aliphatic heterocycles. The molecule has 0 fully saturated rings. The fraction of sp³-hybridized carbons (Fsp3) is 0.524. The fourth-order valence-electron chi connectivity index (χ4n) is 2.30. The number of carbonyl (C=O) groups is 2. The van der Waals surface area contributed by atoms with Gasteiger partial charge in [-0.15, -0.1) is 0 Å². The van der Waals surface area contributed by atoms with E-state index in [1.807, 2.05) is 6.07 Å². The monoisotopic (exact) mass is 435 g/mol. The lowest BCUT2D eigenvalue weighted by molar-refractivity contribution is 0.115. The number of amides is 2. The highest BCUT2D eigenvalue weighted by molar-refractivity contribution is 5.77. The molecule has 2 rings (SSSR count). The number of carbonyl (C=O) groups excluding carboxylic acids is 2. The van der Waals surface area contributed by atoms with Crippen LogP contribution in [0.1, 0.15) is 48.0 Å². The van der Waals surface area contributed by atoms with E-state index in [-0.39, 0.29) is 12.2 Å². The molecule has 0 saturated heterocycles. The van der Waals surface area contributed by atoms with Crippen molar-refractivity contribution in [1.29, 1.82) is 0 Å². The van der Waals surface area contributed by atoms with Crippen LogP contribution in [0.2, 0.25) is 0 Å². The number of benzene rings is 1. The molecule has 0 atom stereocenters. The Morgan fingerprint density at radius 1 is 0.935 bits per heavy atom. The van der Waals surface area contributed by atoms with E-state index >= 15 is 0 Å². The Morgan fingerprint density at radius 3 is 1.94 bits per heavy atom. The van der Waals surface area contributed by atoms with Gasteiger partial charge in [0.05, 0.1) is 23.1 Å². The molecular formula is C21H29N3O7. The summed E-state index contributed by atoms with van der Waals surface area (Å²) in [4.78, 5) is 44.7. The van der Waals surface area contributed by atoms with Crippen molar-refractivity contribution in [2.45, 2.75) is 66.7 Å². The number of fused-ring (bicyclic) bond motifs is 1. The van der Waals surface area contributed by atoms with E-state index in [1.54, 1.807) is 45.9 Å². The summed E-state index contributed by atoms with van der Waals surface area (Å²) in [6.45, 7) is 11.4. The topological polar surface area (TPSA) is 130 Å². The Morgan fingerprint density at radius 2 is 1.45 bits per heavy atom. The smallest absolute Gasteiger partial charge is 0.444 e. The highest BCUT2D eigenvalue weighted by atomic mass is 16.6. The number of aryl methyl sites for hydroxylation is 1. The van der Waals surface area contributed by atoms with Crippen LogP contribution < -0.4 is 11.4 Å². The Labute approximate surface area is 179 Å². The minimum Gasteiger partial charge on any atom is -0.444 e. The lowest BCUT2D eigenvalue weighted by atomic mass is 10.1. The van der Waals surface area contributed by atoms with Gasteiger partial charge in [-0.05, 0) is 52.2 Å². The maximum Gasteiger partial charge on any atom is 0.452 e. The van der Waals surface area contributed by atoms with Crippen LogP contribution in [0.3, 0.4) is 0 Å². The molecule has 0 aliphatic carbocycles. The third-order valence-electron chi connectivity index (χ3n) is 3.63. The average molecular weight is 435 g/mol. The van der Waals surface area contributed by atoms with Crippen molar-refractivity contribution in [3.63, 3.8) is 0 Å². The van der Waals surface area contributed by atoms with Crippen molar-refractivity contribution in [1.82, 2.24) is 4.57 Å². The molecule has 31 heavy (non-hydrogen) atoms. The molecule has 10 heteroatoms. The summed E-state index contributed by atoms with van der Waals surface area (Å²) in [7, 11) is 0. The molecule has 0 bridgehead atoms. The van der Waals surface area contributed by atoms with Crippen molar-refractivity contribution in [2.24, 2.45) is 16.1 Å². The second-order valence-electron chi connectivity index (χ2n) is 7.57. The zero-order valence-electron chi connectivity index (χ0n) is 18.7. The molecule has 10 nitrogen and oxygen atoms in total. The predicted molar refractivity (Wildman–Crippen MR) is 114 cm³/mol. The van der Waals surface area contributed by atoms with Gasteiger partial charge >= 0.3 is 23.6 Å². The van der Waals surface area contributed by atoms with Crippen LogP contribution in [-0.2, 0) is 16.0 Å². The van der Waals surface area contributed by atoms with Crippen molar-refractivity contribution in [2.75, 3.05) is 0 Å². The van der Waals surface area contributed by atoms with E-state index < -0.39 is 23.6 Å². The Balaban J connectivity index is 0.000000318. The van der Waals surface area contributed by atoms with Crippen LogP contribution in [0, 0.1) is 5.92 Å². The van der Waals surface area contributed by atoms with Crippen LogP contribution in [-0.4, -0.2) is 29.0 Å². The summed E-state index contributed by atoms with van der Waals surface area (Å²) in [6.07, 6.45) is -1.51. The molecule has 170 valence electrons. The van der Waals surface area contributed by atoms with Gasteiger partial charge in [-0.25, -0.2) is 19.2 Å². The first kappa shape index (κ1) is 25.7. The molecule has 1 heterocycles. The molecule has 0 aliphatic rings. The van der Waals surface area contributed by atoms with Gasteiger partial charge in [-0.3, -0.25) is 4.57 Å².